The molecule has 7 aliphatic rings. The second-order valence-corrected chi connectivity index (χ2v) is 18.3. The number of nitrogens with zero attached hydrogens (tertiary/aromatic N) is 3. The standard InChI is InChI=1S/C46H54N4O10S/c1-7-8-9-10-11-12-33(52)60-41-24(3)42-43(59-22-58-42)35-30-20-57-45(54)46(27-18-32(55-5)31(51)17-25(27)13-14-48-46)21-61-44(36(35)41)38-37-34-26(15-23(2)40(56-6)39(34)53)16-28(49(37)4)29(19-47)50(30)38/h15,17-18,28-30,37-38,44,48,51,53H,7-14,16,20-22H2,1-6H3/t28-,29+,30-,37+,38?,44-,46-/m1/s1. The quantitative estimate of drug-likeness (QED) is 0.124. The molecule has 14 nitrogen and oxygen atoms in total. The number of likely N-dealkylation sites (N-methyl/N-ethyl adjacent to an activating group) is 1. The second kappa shape index (κ2) is 16.1. The van der Waals surface area contributed by atoms with E-state index in [1.54, 1.807) is 19.2 Å². The highest BCUT2D eigenvalue weighted by atomic mass is 32.2. The number of ether oxygens (including phenoxy) is 6. The minimum atomic E-state index is -1.37. The molecule has 7 heterocycles. The van der Waals surface area contributed by atoms with Crippen molar-refractivity contribution in [1.29, 1.82) is 5.26 Å². The number of piperazine rings is 1. The van der Waals surface area contributed by atoms with Crippen molar-refractivity contribution >= 4 is 23.7 Å². The molecule has 3 aromatic rings. The van der Waals surface area contributed by atoms with Crippen LogP contribution in [0.2, 0.25) is 0 Å². The highest BCUT2D eigenvalue weighted by molar-refractivity contribution is 7.99. The maximum Gasteiger partial charge on any atom is 0.331 e. The van der Waals surface area contributed by atoms with Crippen molar-refractivity contribution in [3.05, 3.63) is 62.7 Å². The normalized spacial score (nSPS) is 27.3. The Kier molecular flexibility index (Phi) is 10.9. The van der Waals surface area contributed by atoms with Crippen LogP contribution in [0.1, 0.15) is 107 Å². The lowest BCUT2D eigenvalue weighted by Gasteiger charge is -2.62. The van der Waals surface area contributed by atoms with Crippen molar-refractivity contribution in [1.82, 2.24) is 15.1 Å². The van der Waals surface area contributed by atoms with Crippen LogP contribution < -0.4 is 29.0 Å². The first-order valence-corrected chi connectivity index (χ1v) is 22.4. The first-order valence-electron chi connectivity index (χ1n) is 21.4. The molecule has 0 saturated carbocycles. The summed E-state index contributed by atoms with van der Waals surface area (Å²) < 4.78 is 36.9. The lowest BCUT2D eigenvalue weighted by molar-refractivity contribution is -0.157. The number of hydrogen-bond acceptors (Lipinski definition) is 15. The largest absolute Gasteiger partial charge is 0.504 e. The van der Waals surface area contributed by atoms with Crippen LogP contribution in [0.15, 0.2) is 18.2 Å². The molecule has 4 bridgehead atoms. The van der Waals surface area contributed by atoms with E-state index in [-0.39, 0.29) is 54.8 Å². The number of phenols is 2. The van der Waals surface area contributed by atoms with Crippen LogP contribution in [0.5, 0.6) is 40.2 Å². The number of benzene rings is 3. The zero-order valence-corrected chi connectivity index (χ0v) is 36.4. The van der Waals surface area contributed by atoms with E-state index < -0.39 is 40.9 Å². The number of nitrogens with one attached hydrogen (secondary N) is 1. The lowest BCUT2D eigenvalue weighted by atomic mass is 9.71. The number of methoxy groups -OCH3 is 2. The van der Waals surface area contributed by atoms with Gasteiger partial charge in [0.15, 0.2) is 40.0 Å². The lowest BCUT2D eigenvalue weighted by Crippen LogP contribution is -2.69. The number of fused-ring (bicyclic) bond motifs is 9. The van der Waals surface area contributed by atoms with Crippen LogP contribution in [-0.2, 0) is 32.7 Å². The zero-order chi connectivity index (χ0) is 42.9. The van der Waals surface area contributed by atoms with Crippen molar-refractivity contribution in [3.63, 3.8) is 0 Å². The molecule has 2 saturated heterocycles. The molecule has 2 fully saturated rings. The van der Waals surface area contributed by atoms with E-state index in [0.717, 1.165) is 47.9 Å². The van der Waals surface area contributed by atoms with Crippen molar-refractivity contribution in [3.8, 4) is 46.3 Å². The number of aryl methyl sites for hydroxylation is 1. The first-order chi connectivity index (χ1) is 29.5. The summed E-state index contributed by atoms with van der Waals surface area (Å²) >= 11 is 1.51. The molecule has 1 unspecified atom stereocenters. The Bertz CT molecular complexity index is 2330. The van der Waals surface area contributed by atoms with Gasteiger partial charge in [-0.1, -0.05) is 38.7 Å². The van der Waals surface area contributed by atoms with Gasteiger partial charge in [-0.3, -0.25) is 19.9 Å². The molecule has 0 radical (unpaired) electrons. The fraction of sp³-hybridized carbons (Fsp3) is 0.543. The summed E-state index contributed by atoms with van der Waals surface area (Å²) in [5.41, 5.74) is 4.54. The predicted octanol–water partition coefficient (Wildman–Crippen LogP) is 6.33. The third-order valence-electron chi connectivity index (χ3n) is 13.9. The van der Waals surface area contributed by atoms with Gasteiger partial charge in [0, 0.05) is 53.1 Å². The molecule has 0 amide bonds. The van der Waals surface area contributed by atoms with E-state index in [0.29, 0.717) is 71.1 Å². The Morgan fingerprint density at radius 3 is 2.56 bits per heavy atom. The van der Waals surface area contributed by atoms with Crippen molar-refractivity contribution in [2.45, 2.75) is 113 Å². The number of esters is 2. The van der Waals surface area contributed by atoms with Gasteiger partial charge in [0.25, 0.3) is 0 Å². The van der Waals surface area contributed by atoms with Gasteiger partial charge in [-0.15, -0.1) is 11.8 Å². The molecule has 0 aromatic heterocycles. The summed E-state index contributed by atoms with van der Waals surface area (Å²) in [5.74, 6) is 1.26. The molecular formula is C46H54N4O10S. The molecule has 10 rings (SSSR count). The number of nitriles is 1. The Balaban J connectivity index is 1.28. The van der Waals surface area contributed by atoms with E-state index in [9.17, 15) is 25.1 Å². The molecule has 7 aliphatic heterocycles. The number of thioether (sulfide) groups is 1. The van der Waals surface area contributed by atoms with Crippen LogP contribution in [0.3, 0.4) is 0 Å². The third-order valence-corrected chi connectivity index (χ3v) is 15.4. The van der Waals surface area contributed by atoms with Gasteiger partial charge >= 0.3 is 11.9 Å². The number of carbonyl (C=O) groups excluding carboxylic acids is 2. The van der Waals surface area contributed by atoms with Crippen molar-refractivity contribution in [2.24, 2.45) is 0 Å². The SMILES string of the molecule is CCCCCCCC(=O)Oc1c(C)c2c(c3c1[C@H]1SC[C@]4(NCCc5cc(O)c(OC)cc54)C(=O)OC[C@H]3N3C1[C@@H]1c4c(cc(C)c(OC)c4O)C[C@H]([C@@H]3C#N)N1C)OCO2. The van der Waals surface area contributed by atoms with Crippen LogP contribution in [0.4, 0.5) is 0 Å². The molecule has 324 valence electrons. The number of hydrogen-bond donors (Lipinski definition) is 3. The Morgan fingerprint density at radius 1 is 1.02 bits per heavy atom. The number of unbranched alkanes of at least 4 members (excludes halogenated alkanes) is 4. The van der Waals surface area contributed by atoms with E-state index in [2.05, 4.69) is 34.2 Å². The minimum absolute atomic E-state index is 0.0186. The Labute approximate surface area is 360 Å². The average molecular weight is 855 g/mol. The fourth-order valence-electron chi connectivity index (χ4n) is 11.1. The summed E-state index contributed by atoms with van der Waals surface area (Å²) in [4.78, 5) is 33.3. The third kappa shape index (κ3) is 6.38. The maximum atomic E-state index is 14.9. The molecule has 7 atom stereocenters. The molecule has 3 aromatic carbocycles. The summed E-state index contributed by atoms with van der Waals surface area (Å²) in [6.07, 6.45) is 6.14. The summed E-state index contributed by atoms with van der Waals surface area (Å²) in [6, 6.07) is 5.35. The zero-order valence-electron chi connectivity index (χ0n) is 35.6. The van der Waals surface area contributed by atoms with E-state index in [1.807, 2.05) is 20.9 Å². The monoisotopic (exact) mass is 854 g/mol. The number of phenolic OH excluding ortho intramolecular Hbond substituents is 2. The number of carbonyl (C=O) groups is 2. The molecule has 15 heteroatoms. The Hall–Kier alpha value is -4.88. The predicted molar refractivity (Wildman–Crippen MR) is 226 cm³/mol. The van der Waals surface area contributed by atoms with Crippen LogP contribution in [-0.4, -0.2) is 97.0 Å². The van der Waals surface area contributed by atoms with Gasteiger partial charge in [0.05, 0.1) is 37.6 Å². The van der Waals surface area contributed by atoms with Gasteiger partial charge < -0.3 is 38.6 Å². The second-order valence-electron chi connectivity index (χ2n) is 17.1. The molecule has 1 spiro atoms. The molecule has 0 aliphatic carbocycles. The van der Waals surface area contributed by atoms with Gasteiger partial charge in [-0.25, -0.2) is 4.79 Å². The van der Waals surface area contributed by atoms with Crippen molar-refractivity contribution in [2.75, 3.05) is 47.0 Å². The average Bonchev–Trinajstić information content (AvgIpc) is 3.74. The van der Waals surface area contributed by atoms with Gasteiger partial charge in [0.1, 0.15) is 18.4 Å². The molecular weight excluding hydrogens is 801 g/mol. The maximum absolute atomic E-state index is 14.9. The van der Waals surface area contributed by atoms with E-state index in [1.165, 1.54) is 18.9 Å². The van der Waals surface area contributed by atoms with Crippen molar-refractivity contribution < 1.29 is 48.2 Å². The van der Waals surface area contributed by atoms with Gasteiger partial charge in [-0.2, -0.15) is 5.26 Å². The molecule has 61 heavy (non-hydrogen) atoms. The van der Waals surface area contributed by atoms with Gasteiger partial charge in [0.2, 0.25) is 6.79 Å². The van der Waals surface area contributed by atoms with E-state index >= 15 is 0 Å². The summed E-state index contributed by atoms with van der Waals surface area (Å²) in [7, 11) is 5.03. The highest BCUT2D eigenvalue weighted by Gasteiger charge is 2.62. The van der Waals surface area contributed by atoms with Crippen LogP contribution in [0.25, 0.3) is 0 Å². The summed E-state index contributed by atoms with van der Waals surface area (Å²) in [6.45, 7) is 6.16. The molecule has 3 N–H and O–H groups in total. The first kappa shape index (κ1) is 41.5. The van der Waals surface area contributed by atoms with E-state index in [4.69, 9.17) is 28.4 Å². The smallest absolute Gasteiger partial charge is 0.331 e. The summed E-state index contributed by atoms with van der Waals surface area (Å²) in [5, 5.41) is 37.3. The topological polar surface area (TPSA) is 172 Å². The van der Waals surface area contributed by atoms with Gasteiger partial charge in [-0.05, 0) is 74.5 Å². The number of rotatable bonds is 9. The highest BCUT2D eigenvalue weighted by Crippen LogP contribution is 2.64. The fourth-order valence-corrected chi connectivity index (χ4v) is 12.8. The minimum Gasteiger partial charge on any atom is -0.504 e. The van der Waals surface area contributed by atoms with Crippen LogP contribution >= 0.6 is 11.8 Å². The Morgan fingerprint density at radius 2 is 1.80 bits per heavy atom. The number of aromatic hydroxyl groups is 2. The van der Waals surface area contributed by atoms with Crippen LogP contribution in [0, 0.1) is 25.2 Å².